The number of rotatable bonds is 9. The highest BCUT2D eigenvalue weighted by Gasteiger charge is 2.54. The summed E-state index contributed by atoms with van der Waals surface area (Å²) in [5.41, 5.74) is 0.509. The second-order valence-corrected chi connectivity index (χ2v) is 24.3. The Labute approximate surface area is 242 Å². The Kier molecular flexibility index (Phi) is 11.1. The van der Waals surface area contributed by atoms with Gasteiger partial charge >= 0.3 is 11.9 Å². The van der Waals surface area contributed by atoms with Gasteiger partial charge in [0.15, 0.2) is 28.8 Å². The minimum Gasteiger partial charge on any atom is -0.456 e. The van der Waals surface area contributed by atoms with Crippen LogP contribution in [0, 0.1) is 6.92 Å². The summed E-state index contributed by atoms with van der Waals surface area (Å²) in [6.07, 6.45) is -2.92. The van der Waals surface area contributed by atoms with Crippen molar-refractivity contribution in [3.8, 4) is 0 Å². The van der Waals surface area contributed by atoms with Gasteiger partial charge in [0, 0.05) is 18.7 Å². The molecule has 222 valence electrons. The first kappa shape index (κ1) is 34.0. The molecule has 5 atom stereocenters. The molecule has 0 aromatic heterocycles. The van der Waals surface area contributed by atoms with E-state index < -0.39 is 58.4 Å². The third-order valence-electron chi connectivity index (χ3n) is 8.12. The lowest BCUT2D eigenvalue weighted by atomic mass is 9.99. The number of thioether (sulfide) groups is 1. The van der Waals surface area contributed by atoms with Crippen molar-refractivity contribution in [2.75, 3.05) is 6.61 Å². The molecule has 1 aromatic rings. The molecule has 1 heterocycles. The number of esters is 2. The van der Waals surface area contributed by atoms with Gasteiger partial charge in [-0.1, -0.05) is 71.0 Å². The fourth-order valence-corrected chi connectivity index (χ4v) is 7.11. The number of carbonyl (C=O) groups excluding carboxylic acids is 2. The first-order valence-electron chi connectivity index (χ1n) is 13.7. The predicted octanol–water partition coefficient (Wildman–Crippen LogP) is 7.09. The smallest absolute Gasteiger partial charge is 0.303 e. The maximum absolute atomic E-state index is 12.4. The number of carbonyl (C=O) groups is 2. The highest BCUT2D eigenvalue weighted by atomic mass is 32.2. The monoisotopic (exact) mass is 598 g/mol. The van der Waals surface area contributed by atoms with E-state index in [9.17, 15) is 9.59 Å². The molecule has 39 heavy (non-hydrogen) atoms. The van der Waals surface area contributed by atoms with Gasteiger partial charge in [0.25, 0.3) is 0 Å². The van der Waals surface area contributed by atoms with Crippen LogP contribution in [0.3, 0.4) is 0 Å². The minimum atomic E-state index is -2.37. The van der Waals surface area contributed by atoms with Crippen LogP contribution >= 0.6 is 11.8 Å². The number of benzene rings is 1. The van der Waals surface area contributed by atoms with Gasteiger partial charge in [-0.2, -0.15) is 0 Å². The molecule has 1 aliphatic rings. The van der Waals surface area contributed by atoms with Crippen LogP contribution in [-0.4, -0.2) is 65.0 Å². The van der Waals surface area contributed by atoms with E-state index in [1.54, 1.807) is 0 Å². The van der Waals surface area contributed by atoms with Gasteiger partial charge < -0.3 is 23.1 Å². The molecule has 0 spiro atoms. The molecular formula is C29H50O7SSi2. The van der Waals surface area contributed by atoms with Crippen LogP contribution in [-0.2, 0) is 32.7 Å². The van der Waals surface area contributed by atoms with E-state index in [2.05, 4.69) is 67.7 Å². The van der Waals surface area contributed by atoms with Crippen LogP contribution in [0.15, 0.2) is 29.2 Å². The molecule has 0 radical (unpaired) electrons. The van der Waals surface area contributed by atoms with E-state index in [-0.39, 0.29) is 16.7 Å². The van der Waals surface area contributed by atoms with Crippen molar-refractivity contribution in [3.05, 3.63) is 29.8 Å². The third kappa shape index (κ3) is 9.16. The Morgan fingerprint density at radius 2 is 1.31 bits per heavy atom. The summed E-state index contributed by atoms with van der Waals surface area (Å²) in [5.74, 6) is -0.941. The second kappa shape index (κ2) is 12.8. The van der Waals surface area contributed by atoms with Crippen molar-refractivity contribution in [2.24, 2.45) is 0 Å². The van der Waals surface area contributed by atoms with Crippen LogP contribution in [0.5, 0.6) is 0 Å². The number of ether oxygens (including phenoxy) is 3. The Hall–Kier alpha value is -1.18. The van der Waals surface area contributed by atoms with Gasteiger partial charge in [-0.3, -0.25) is 9.59 Å². The van der Waals surface area contributed by atoms with Crippen molar-refractivity contribution >= 4 is 40.3 Å². The first-order chi connectivity index (χ1) is 17.6. The molecule has 0 N–H and O–H groups in total. The predicted molar refractivity (Wildman–Crippen MR) is 162 cm³/mol. The van der Waals surface area contributed by atoms with E-state index in [0.29, 0.717) is 0 Å². The zero-order valence-electron chi connectivity index (χ0n) is 26.2. The van der Waals surface area contributed by atoms with Crippen molar-refractivity contribution in [1.82, 2.24) is 0 Å². The molecule has 1 aromatic carbocycles. The van der Waals surface area contributed by atoms with Crippen molar-refractivity contribution in [3.63, 3.8) is 0 Å². The molecule has 7 nitrogen and oxygen atoms in total. The Morgan fingerprint density at radius 3 is 1.77 bits per heavy atom. The van der Waals surface area contributed by atoms with Gasteiger partial charge in [-0.05, 0) is 55.3 Å². The van der Waals surface area contributed by atoms with Gasteiger partial charge in [0.1, 0.15) is 17.6 Å². The molecule has 1 fully saturated rings. The van der Waals surface area contributed by atoms with E-state index in [1.807, 2.05) is 31.2 Å². The van der Waals surface area contributed by atoms with Gasteiger partial charge in [0.05, 0.1) is 6.61 Å². The molecule has 0 saturated carbocycles. The SMILES string of the molecule is CC(=O)O[C@@H]1[C@@H](OC(C)=O)[C@H](Sc2ccc(C)cc2)O[C@H](CO[Si](C)(C)C(C)(C)C)[C@H]1O[Si](C)(C)C(C)(C)C. The molecule has 10 heteroatoms. The average Bonchev–Trinajstić information content (AvgIpc) is 2.75. The van der Waals surface area contributed by atoms with E-state index >= 15 is 0 Å². The topological polar surface area (TPSA) is 80.3 Å². The molecule has 0 unspecified atom stereocenters. The zero-order chi connectivity index (χ0) is 30.0. The molecular weight excluding hydrogens is 549 g/mol. The van der Waals surface area contributed by atoms with Crippen LogP contribution in [0.4, 0.5) is 0 Å². The lowest BCUT2D eigenvalue weighted by molar-refractivity contribution is -0.224. The van der Waals surface area contributed by atoms with E-state index in [0.717, 1.165) is 10.5 Å². The van der Waals surface area contributed by atoms with Crippen LogP contribution < -0.4 is 0 Å². The summed E-state index contributed by atoms with van der Waals surface area (Å²) < 4.78 is 32.0. The highest BCUT2D eigenvalue weighted by Crippen LogP contribution is 2.43. The van der Waals surface area contributed by atoms with Crippen molar-refractivity contribution in [1.29, 1.82) is 0 Å². The molecule has 0 amide bonds. The standard InChI is InChI=1S/C29H50O7SSi2/c1-19-14-16-22(17-15-19)37-27-26(34-21(3)31)25(33-20(2)30)24(36-39(12,13)29(7,8)9)23(35-27)18-32-38(10,11)28(4,5)6/h14-17,23-27H,18H2,1-13H3/t23-,24-,25+,26-,27+/m1/s1. The maximum atomic E-state index is 12.4. The van der Waals surface area contributed by atoms with Crippen LogP contribution in [0.1, 0.15) is 61.0 Å². The Morgan fingerprint density at radius 1 is 0.821 bits per heavy atom. The maximum Gasteiger partial charge on any atom is 0.303 e. The summed E-state index contributed by atoms with van der Waals surface area (Å²) in [5, 5.41) is -0.105. The summed E-state index contributed by atoms with van der Waals surface area (Å²) in [6, 6.07) is 8.07. The molecule has 1 saturated heterocycles. The van der Waals surface area contributed by atoms with Crippen LogP contribution in [0.25, 0.3) is 0 Å². The molecule has 1 aliphatic heterocycles. The summed E-state index contributed by atoms with van der Waals surface area (Å²) >= 11 is 1.44. The van der Waals surface area contributed by atoms with Gasteiger partial charge in [-0.25, -0.2) is 0 Å². The second-order valence-electron chi connectivity index (χ2n) is 13.5. The Bertz CT molecular complexity index is 983. The highest BCUT2D eigenvalue weighted by molar-refractivity contribution is 7.99. The fraction of sp³-hybridized carbons (Fsp3) is 0.724. The summed E-state index contributed by atoms with van der Waals surface area (Å²) in [6.45, 7) is 26.8. The van der Waals surface area contributed by atoms with E-state index in [4.69, 9.17) is 23.1 Å². The lowest BCUT2D eigenvalue weighted by Crippen LogP contribution is -2.64. The van der Waals surface area contributed by atoms with Gasteiger partial charge in [0.2, 0.25) is 0 Å². The third-order valence-corrected chi connectivity index (χ3v) is 18.3. The number of hydrogen-bond donors (Lipinski definition) is 0. The molecule has 0 aliphatic carbocycles. The van der Waals surface area contributed by atoms with Crippen LogP contribution in [0.2, 0.25) is 36.3 Å². The van der Waals surface area contributed by atoms with Crippen molar-refractivity contribution < 1.29 is 32.7 Å². The number of hydrogen-bond acceptors (Lipinski definition) is 8. The fourth-order valence-electron chi connectivity index (χ4n) is 3.67. The molecule has 0 bridgehead atoms. The summed E-state index contributed by atoms with van der Waals surface area (Å²) in [7, 11) is -4.51. The largest absolute Gasteiger partial charge is 0.456 e. The first-order valence-corrected chi connectivity index (χ1v) is 20.4. The summed E-state index contributed by atoms with van der Waals surface area (Å²) in [4.78, 5) is 25.7. The van der Waals surface area contributed by atoms with Gasteiger partial charge in [-0.15, -0.1) is 0 Å². The quantitative estimate of drug-likeness (QED) is 0.220. The average molecular weight is 599 g/mol. The number of aryl methyl sites for hydroxylation is 1. The molecule has 2 rings (SSSR count). The van der Waals surface area contributed by atoms with E-state index in [1.165, 1.54) is 25.6 Å². The van der Waals surface area contributed by atoms with Crippen molar-refractivity contribution in [2.45, 2.75) is 133 Å². The normalized spacial score (nSPS) is 24.8. The lowest BCUT2D eigenvalue weighted by Gasteiger charge is -2.49. The zero-order valence-corrected chi connectivity index (χ0v) is 29.0. The Balaban J connectivity index is 2.59. The minimum absolute atomic E-state index is 0.00304.